The van der Waals surface area contributed by atoms with Gasteiger partial charge in [0, 0.05) is 82.0 Å². The van der Waals surface area contributed by atoms with Crippen molar-refractivity contribution in [1.29, 1.82) is 0 Å². The third-order valence-electron chi connectivity index (χ3n) is 22.2. The van der Waals surface area contributed by atoms with Crippen molar-refractivity contribution in [2.45, 2.75) is 19.3 Å². The zero-order valence-electron chi connectivity index (χ0n) is 57.3. The van der Waals surface area contributed by atoms with Crippen LogP contribution in [0.2, 0.25) is 0 Å². The van der Waals surface area contributed by atoms with Gasteiger partial charge < -0.3 is 22.7 Å². The lowest BCUT2D eigenvalue weighted by Crippen LogP contribution is -2.14. The molecule has 0 fully saturated rings. The standard InChI is InChI=1S/C51H36N2.C48H30N2O/c1-51(2)44-22-9-6-18-39(44)43-32-37(27-29-45(43)51)52-47-24-11-8-20-42(47)50-38(21-13-25-48(50)52)35-26-28-41-40-19-7-10-23-46(40)53(49(41)31-35)36-17-12-16-34(30-36)33-14-4-3-5-15-33;1-2-12-31(13-3-1)32-14-10-15-34(28-32)50-42-20-7-4-16-37(42)38-26-24-33(29-45(38)50)36-19-11-22-44-48(36)40-18-5-8-21-43(40)49(44)35-25-27-47-41(30-35)39-17-6-9-23-46(39)51-47/h3-32H,1-2H3;1-30H. The van der Waals surface area contributed by atoms with Gasteiger partial charge in [-0.05, 0) is 176 Å². The van der Waals surface area contributed by atoms with E-state index in [1.165, 1.54) is 160 Å². The van der Waals surface area contributed by atoms with Gasteiger partial charge in [0.2, 0.25) is 0 Å². The number of fused-ring (bicyclic) bond motifs is 18. The van der Waals surface area contributed by atoms with E-state index in [1.807, 2.05) is 12.1 Å². The summed E-state index contributed by atoms with van der Waals surface area (Å²) < 4.78 is 15.9. The van der Waals surface area contributed by atoms with E-state index in [9.17, 15) is 0 Å². The maximum Gasteiger partial charge on any atom is 0.135 e. The van der Waals surface area contributed by atoms with Crippen LogP contribution in [0.5, 0.6) is 0 Å². The molecule has 5 aromatic heterocycles. The Balaban J connectivity index is 0.000000134. The van der Waals surface area contributed by atoms with Gasteiger partial charge in [0.05, 0.1) is 44.1 Å². The molecule has 104 heavy (non-hydrogen) atoms. The van der Waals surface area contributed by atoms with E-state index >= 15 is 0 Å². The average Bonchev–Trinajstić information content (AvgIpc) is 1.56. The predicted octanol–water partition coefficient (Wildman–Crippen LogP) is 26.6. The highest BCUT2D eigenvalue weighted by Gasteiger charge is 2.35. The van der Waals surface area contributed by atoms with Gasteiger partial charge in [-0.15, -0.1) is 0 Å². The van der Waals surface area contributed by atoms with E-state index < -0.39 is 0 Å². The molecule has 1 aliphatic carbocycles. The summed E-state index contributed by atoms with van der Waals surface area (Å²) in [6.07, 6.45) is 0. The molecule has 22 rings (SSSR count). The highest BCUT2D eigenvalue weighted by atomic mass is 16.3. The van der Waals surface area contributed by atoms with Crippen LogP contribution < -0.4 is 0 Å². The maximum absolute atomic E-state index is 6.19. The first kappa shape index (κ1) is 59.4. The average molecular weight is 1330 g/mol. The number of hydrogen-bond donors (Lipinski definition) is 0. The Bertz CT molecular complexity index is 7070. The van der Waals surface area contributed by atoms with Crippen LogP contribution in [0.25, 0.3) is 188 Å². The van der Waals surface area contributed by atoms with Crippen molar-refractivity contribution < 1.29 is 4.42 Å². The molecule has 16 aromatic carbocycles. The number of rotatable bonds is 8. The van der Waals surface area contributed by atoms with Crippen LogP contribution in [0.4, 0.5) is 0 Å². The molecule has 1 aliphatic rings. The molecule has 5 heteroatoms. The number of furan rings is 1. The van der Waals surface area contributed by atoms with Crippen molar-refractivity contribution in [1.82, 2.24) is 18.3 Å². The fourth-order valence-electron chi connectivity index (χ4n) is 17.5. The fourth-order valence-corrected chi connectivity index (χ4v) is 17.5. The topological polar surface area (TPSA) is 32.9 Å². The van der Waals surface area contributed by atoms with Crippen LogP contribution >= 0.6 is 0 Å². The molecule has 21 aromatic rings. The third kappa shape index (κ3) is 9.13. The minimum Gasteiger partial charge on any atom is -0.456 e. The Hall–Kier alpha value is -13.5. The Labute approximate surface area is 600 Å². The third-order valence-corrected chi connectivity index (χ3v) is 22.2. The highest BCUT2D eigenvalue weighted by molar-refractivity contribution is 6.20. The lowest BCUT2D eigenvalue weighted by molar-refractivity contribution is 0.660. The molecule has 0 aliphatic heterocycles. The van der Waals surface area contributed by atoms with Crippen molar-refractivity contribution in [3.63, 3.8) is 0 Å². The predicted molar refractivity (Wildman–Crippen MR) is 437 cm³/mol. The van der Waals surface area contributed by atoms with Crippen molar-refractivity contribution in [3.8, 4) is 78.4 Å². The Morgan fingerprint density at radius 3 is 1.13 bits per heavy atom. The second-order valence-corrected chi connectivity index (χ2v) is 28.3. The second kappa shape index (κ2) is 23.3. The summed E-state index contributed by atoms with van der Waals surface area (Å²) in [6.45, 7) is 4.70. The van der Waals surface area contributed by atoms with Gasteiger partial charge in [-0.25, -0.2) is 0 Å². The molecule has 0 radical (unpaired) electrons. The fraction of sp³-hybridized carbons (Fsp3) is 0.0303. The molecule has 0 atom stereocenters. The summed E-state index contributed by atoms with van der Waals surface area (Å²) >= 11 is 0. The smallest absolute Gasteiger partial charge is 0.135 e. The molecule has 0 bridgehead atoms. The first-order chi connectivity index (χ1) is 51.4. The zero-order chi connectivity index (χ0) is 68.7. The Morgan fingerprint density at radius 1 is 0.202 bits per heavy atom. The lowest BCUT2D eigenvalue weighted by Gasteiger charge is -2.21. The van der Waals surface area contributed by atoms with Gasteiger partial charge in [-0.2, -0.15) is 0 Å². The van der Waals surface area contributed by atoms with Gasteiger partial charge in [-0.3, -0.25) is 0 Å². The molecule has 0 saturated carbocycles. The maximum atomic E-state index is 6.19. The molecule has 0 N–H and O–H groups in total. The number of para-hydroxylation sites is 5. The minimum absolute atomic E-state index is 0.0254. The number of benzene rings is 16. The summed E-state index contributed by atoms with van der Waals surface area (Å²) in [6, 6.07) is 133. The largest absolute Gasteiger partial charge is 0.456 e. The summed E-state index contributed by atoms with van der Waals surface area (Å²) in [5.41, 5.74) is 31.2. The van der Waals surface area contributed by atoms with E-state index in [1.54, 1.807) is 0 Å². The van der Waals surface area contributed by atoms with Crippen molar-refractivity contribution >= 4 is 109 Å². The van der Waals surface area contributed by atoms with Crippen LogP contribution in [0.3, 0.4) is 0 Å². The Morgan fingerprint density at radius 2 is 0.577 bits per heavy atom. The first-order valence-electron chi connectivity index (χ1n) is 36.0. The highest BCUT2D eigenvalue weighted by Crippen LogP contribution is 2.51. The second-order valence-electron chi connectivity index (χ2n) is 28.3. The van der Waals surface area contributed by atoms with Crippen molar-refractivity contribution in [3.05, 3.63) is 375 Å². The monoisotopic (exact) mass is 1330 g/mol. The molecular formula is C99H66N4O. The SMILES string of the molecule is CC1(C)c2ccccc2-c2cc(-n3c4ccccc4c4c(-c5ccc6c7ccccc7n(-c7cccc(-c8ccccc8)c7)c6c5)cccc43)ccc21.c1ccc(-c2cccc(-n3c4ccccc4c4ccc(-c5cccc6c5c5ccccc5n6-c5ccc6oc7ccccc7c6c5)cc43)c2)cc1. The van der Waals surface area contributed by atoms with E-state index in [4.69, 9.17) is 4.42 Å². The normalized spacial score (nSPS) is 12.6. The molecule has 488 valence electrons. The summed E-state index contributed by atoms with van der Waals surface area (Å²) in [7, 11) is 0. The minimum atomic E-state index is -0.0254. The van der Waals surface area contributed by atoms with E-state index in [0.717, 1.165) is 39.0 Å². The van der Waals surface area contributed by atoms with Gasteiger partial charge >= 0.3 is 0 Å². The molecule has 0 saturated heterocycles. The molecule has 5 nitrogen and oxygen atoms in total. The lowest BCUT2D eigenvalue weighted by atomic mass is 9.82. The van der Waals surface area contributed by atoms with Crippen LogP contribution in [0.15, 0.2) is 368 Å². The first-order valence-corrected chi connectivity index (χ1v) is 36.0. The molecular weight excluding hydrogens is 1260 g/mol. The van der Waals surface area contributed by atoms with Gasteiger partial charge in [-0.1, -0.05) is 269 Å². The molecule has 0 spiro atoms. The molecule has 0 unspecified atom stereocenters. The molecule has 5 heterocycles. The quantitative estimate of drug-likeness (QED) is 0.149. The van der Waals surface area contributed by atoms with E-state index in [0.29, 0.717) is 0 Å². The number of nitrogens with zero attached hydrogens (tertiary/aromatic N) is 4. The van der Waals surface area contributed by atoms with E-state index in [-0.39, 0.29) is 5.41 Å². The zero-order valence-corrected chi connectivity index (χ0v) is 57.3. The summed E-state index contributed by atoms with van der Waals surface area (Å²) in [4.78, 5) is 0. The van der Waals surface area contributed by atoms with Crippen molar-refractivity contribution in [2.24, 2.45) is 0 Å². The Kier molecular flexibility index (Phi) is 13.3. The van der Waals surface area contributed by atoms with Gasteiger partial charge in [0.25, 0.3) is 0 Å². The molecule has 0 amide bonds. The van der Waals surface area contributed by atoms with E-state index in [2.05, 4.69) is 384 Å². The summed E-state index contributed by atoms with van der Waals surface area (Å²) in [5, 5.41) is 12.3. The van der Waals surface area contributed by atoms with Gasteiger partial charge in [0.1, 0.15) is 11.2 Å². The number of hydrogen-bond acceptors (Lipinski definition) is 1. The van der Waals surface area contributed by atoms with Crippen LogP contribution in [-0.2, 0) is 5.41 Å². The van der Waals surface area contributed by atoms with Gasteiger partial charge in [0.15, 0.2) is 0 Å². The summed E-state index contributed by atoms with van der Waals surface area (Å²) in [5.74, 6) is 0. The van der Waals surface area contributed by atoms with Crippen LogP contribution in [-0.4, -0.2) is 18.3 Å². The number of aromatic nitrogens is 4. The van der Waals surface area contributed by atoms with Crippen LogP contribution in [0.1, 0.15) is 25.0 Å². The van der Waals surface area contributed by atoms with Crippen LogP contribution in [0, 0.1) is 0 Å². The van der Waals surface area contributed by atoms with Crippen molar-refractivity contribution in [2.75, 3.05) is 0 Å².